The minimum atomic E-state index is -4.20. The highest BCUT2D eigenvalue weighted by Crippen LogP contribution is 2.27. The van der Waals surface area contributed by atoms with E-state index in [0.717, 1.165) is 21.0 Å². The van der Waals surface area contributed by atoms with Crippen LogP contribution in [0, 0.1) is 6.92 Å². The van der Waals surface area contributed by atoms with Crippen LogP contribution in [0.25, 0.3) is 0 Å². The van der Waals surface area contributed by atoms with Crippen LogP contribution in [-0.2, 0) is 32.6 Å². The molecule has 4 aromatic carbocycles. The van der Waals surface area contributed by atoms with Gasteiger partial charge in [0.05, 0.1) is 24.8 Å². The number of hydrogen-bond acceptors (Lipinski definition) is 6. The fourth-order valence-electron chi connectivity index (χ4n) is 5.02. The predicted molar refractivity (Wildman–Crippen MR) is 179 cm³/mol. The Hall–Kier alpha value is -4.83. The molecule has 0 aliphatic rings. The first-order valence-electron chi connectivity index (χ1n) is 15.0. The number of sulfonamides is 1. The highest BCUT2D eigenvalue weighted by Gasteiger charge is 2.35. The Morgan fingerprint density at radius 2 is 1.41 bits per heavy atom. The van der Waals surface area contributed by atoms with Gasteiger partial charge in [-0.1, -0.05) is 60.2 Å². The number of methoxy groups -OCH3 is 2. The van der Waals surface area contributed by atoms with Gasteiger partial charge in [0.15, 0.2) is 0 Å². The Bertz CT molecular complexity index is 1710. The summed E-state index contributed by atoms with van der Waals surface area (Å²) in [7, 11) is -1.13. The highest BCUT2D eigenvalue weighted by atomic mass is 32.2. The number of rotatable bonds is 14. The van der Waals surface area contributed by atoms with E-state index in [9.17, 15) is 18.0 Å². The van der Waals surface area contributed by atoms with E-state index in [4.69, 9.17) is 9.47 Å². The maximum absolute atomic E-state index is 14.5. The van der Waals surface area contributed by atoms with Crippen molar-refractivity contribution < 1.29 is 27.5 Å². The second-order valence-electron chi connectivity index (χ2n) is 11.3. The number of amides is 2. The summed E-state index contributed by atoms with van der Waals surface area (Å²) in [5, 5.41) is 2.96. The van der Waals surface area contributed by atoms with Gasteiger partial charge < -0.3 is 19.7 Å². The molecule has 9 nitrogen and oxygen atoms in total. The molecule has 0 fully saturated rings. The third kappa shape index (κ3) is 8.66. The van der Waals surface area contributed by atoms with Crippen molar-refractivity contribution >= 4 is 27.5 Å². The molecule has 4 aromatic rings. The lowest BCUT2D eigenvalue weighted by Crippen LogP contribution is -2.54. The van der Waals surface area contributed by atoms with Crippen LogP contribution in [0.4, 0.5) is 5.69 Å². The molecule has 2 amide bonds. The lowest BCUT2D eigenvalue weighted by atomic mass is 10.0. The predicted octanol–water partition coefficient (Wildman–Crippen LogP) is 5.37. The summed E-state index contributed by atoms with van der Waals surface area (Å²) in [6.07, 6.45) is 0.225. The summed E-state index contributed by atoms with van der Waals surface area (Å²) >= 11 is 0. The number of carbonyl (C=O) groups is 2. The summed E-state index contributed by atoms with van der Waals surface area (Å²) in [5.74, 6) is 0.246. The first-order chi connectivity index (χ1) is 22.0. The van der Waals surface area contributed by atoms with Gasteiger partial charge in [0, 0.05) is 19.0 Å². The zero-order valence-electron chi connectivity index (χ0n) is 26.8. The molecule has 0 saturated carbocycles. The molecule has 0 bridgehead atoms. The van der Waals surface area contributed by atoms with E-state index in [-0.39, 0.29) is 35.5 Å². The van der Waals surface area contributed by atoms with Gasteiger partial charge in [-0.3, -0.25) is 13.9 Å². The summed E-state index contributed by atoms with van der Waals surface area (Å²) in [6, 6.07) is 28.5. The second-order valence-corrected chi connectivity index (χ2v) is 13.1. The van der Waals surface area contributed by atoms with Crippen molar-refractivity contribution in [2.45, 2.75) is 50.7 Å². The zero-order valence-corrected chi connectivity index (χ0v) is 27.7. The molecule has 4 rings (SSSR count). The Morgan fingerprint density at radius 3 is 2.02 bits per heavy atom. The third-order valence-electron chi connectivity index (χ3n) is 7.44. The summed E-state index contributed by atoms with van der Waals surface area (Å²) in [4.78, 5) is 29.9. The summed E-state index contributed by atoms with van der Waals surface area (Å²) < 4.78 is 40.1. The van der Waals surface area contributed by atoms with Gasteiger partial charge in [-0.05, 0) is 80.4 Å². The Kier molecular flexibility index (Phi) is 11.4. The molecule has 1 unspecified atom stereocenters. The van der Waals surface area contributed by atoms with Crippen LogP contribution in [-0.4, -0.2) is 58.0 Å². The Labute approximate surface area is 271 Å². The lowest BCUT2D eigenvalue weighted by Gasteiger charge is -2.34. The molecule has 0 aromatic heterocycles. The van der Waals surface area contributed by atoms with E-state index < -0.39 is 28.5 Å². The van der Waals surface area contributed by atoms with Crippen molar-refractivity contribution in [1.29, 1.82) is 0 Å². The van der Waals surface area contributed by atoms with Crippen LogP contribution in [0.1, 0.15) is 30.5 Å². The SMILES string of the molecule is COc1ccc(N(CC(=O)N(Cc2cccc(OC)c2)C(Cc2ccccc2)C(=O)NC(C)C)S(=O)(=O)c2ccc(C)cc2)cc1. The van der Waals surface area contributed by atoms with Crippen LogP contribution < -0.4 is 19.1 Å². The number of anilines is 1. The molecule has 10 heteroatoms. The largest absolute Gasteiger partial charge is 0.497 e. The Morgan fingerprint density at radius 1 is 0.783 bits per heavy atom. The quantitative estimate of drug-likeness (QED) is 0.198. The number of benzene rings is 4. The van der Waals surface area contributed by atoms with E-state index in [1.165, 1.54) is 24.1 Å². The van der Waals surface area contributed by atoms with Gasteiger partial charge in [-0.15, -0.1) is 0 Å². The van der Waals surface area contributed by atoms with Crippen LogP contribution in [0.5, 0.6) is 11.5 Å². The fourth-order valence-corrected chi connectivity index (χ4v) is 6.43. The summed E-state index contributed by atoms with van der Waals surface area (Å²) in [6.45, 7) is 5.07. The van der Waals surface area contributed by atoms with E-state index in [1.54, 1.807) is 55.6 Å². The van der Waals surface area contributed by atoms with Gasteiger partial charge in [0.1, 0.15) is 24.1 Å². The van der Waals surface area contributed by atoms with E-state index in [2.05, 4.69) is 5.32 Å². The van der Waals surface area contributed by atoms with Gasteiger partial charge >= 0.3 is 0 Å². The van der Waals surface area contributed by atoms with E-state index >= 15 is 0 Å². The number of ether oxygens (including phenoxy) is 2. The molecule has 0 radical (unpaired) electrons. The van der Waals surface area contributed by atoms with Gasteiger partial charge in [-0.2, -0.15) is 0 Å². The molecule has 242 valence electrons. The number of hydrogen-bond donors (Lipinski definition) is 1. The van der Waals surface area contributed by atoms with Crippen molar-refractivity contribution in [3.8, 4) is 11.5 Å². The minimum Gasteiger partial charge on any atom is -0.497 e. The monoisotopic (exact) mass is 643 g/mol. The normalized spacial score (nSPS) is 11.9. The number of aryl methyl sites for hydroxylation is 1. The lowest BCUT2D eigenvalue weighted by molar-refractivity contribution is -0.140. The van der Waals surface area contributed by atoms with E-state index in [0.29, 0.717) is 11.5 Å². The minimum absolute atomic E-state index is 0.0412. The van der Waals surface area contributed by atoms with Crippen molar-refractivity contribution in [3.05, 3.63) is 120 Å². The molecular formula is C36H41N3O6S. The van der Waals surface area contributed by atoms with Crippen molar-refractivity contribution in [2.24, 2.45) is 0 Å². The van der Waals surface area contributed by atoms with E-state index in [1.807, 2.05) is 63.2 Å². The standard InChI is InChI=1S/C36H41N3O6S/c1-26(2)37-36(41)34(23-28-10-7-6-8-11-28)38(24-29-12-9-13-32(22-29)45-5)35(40)25-39(30-16-18-31(44-4)19-17-30)46(42,43)33-20-14-27(3)15-21-33/h6-22,26,34H,23-25H2,1-5H3,(H,37,41). The second kappa shape index (κ2) is 15.4. The zero-order chi connectivity index (χ0) is 33.3. The first-order valence-corrected chi connectivity index (χ1v) is 16.5. The molecule has 1 atom stereocenters. The number of nitrogens with zero attached hydrogens (tertiary/aromatic N) is 2. The van der Waals surface area contributed by atoms with Crippen molar-refractivity contribution in [3.63, 3.8) is 0 Å². The van der Waals surface area contributed by atoms with Crippen LogP contribution >= 0.6 is 0 Å². The average Bonchev–Trinajstić information content (AvgIpc) is 3.05. The van der Waals surface area contributed by atoms with Gasteiger partial charge in [0.2, 0.25) is 11.8 Å². The first kappa shape index (κ1) is 34.1. The molecule has 0 aliphatic carbocycles. The highest BCUT2D eigenvalue weighted by molar-refractivity contribution is 7.92. The molecule has 46 heavy (non-hydrogen) atoms. The van der Waals surface area contributed by atoms with Gasteiger partial charge in [-0.25, -0.2) is 8.42 Å². The Balaban J connectivity index is 1.81. The maximum atomic E-state index is 14.5. The smallest absolute Gasteiger partial charge is 0.264 e. The maximum Gasteiger partial charge on any atom is 0.264 e. The van der Waals surface area contributed by atoms with Crippen LogP contribution in [0.3, 0.4) is 0 Å². The number of carbonyl (C=O) groups excluding carboxylic acids is 2. The topological polar surface area (TPSA) is 105 Å². The molecule has 0 saturated heterocycles. The third-order valence-corrected chi connectivity index (χ3v) is 9.23. The molecule has 0 spiro atoms. The molecule has 1 N–H and O–H groups in total. The number of nitrogens with one attached hydrogen (secondary N) is 1. The van der Waals surface area contributed by atoms with Crippen molar-refractivity contribution in [2.75, 3.05) is 25.1 Å². The molecule has 0 heterocycles. The molecule has 0 aliphatic heterocycles. The van der Waals surface area contributed by atoms with Crippen molar-refractivity contribution in [1.82, 2.24) is 10.2 Å². The van der Waals surface area contributed by atoms with Crippen LogP contribution in [0.2, 0.25) is 0 Å². The summed E-state index contributed by atoms with van der Waals surface area (Å²) in [5.41, 5.74) is 2.76. The van der Waals surface area contributed by atoms with Gasteiger partial charge in [0.25, 0.3) is 10.0 Å². The average molecular weight is 644 g/mol. The van der Waals surface area contributed by atoms with Crippen LogP contribution in [0.15, 0.2) is 108 Å². The fraction of sp³-hybridized carbons (Fsp3) is 0.278. The molecular weight excluding hydrogens is 602 g/mol.